The largest absolute Gasteiger partial charge is 0.370 e. The highest BCUT2D eigenvalue weighted by Gasteiger charge is 2.35. The standard InChI is InChI=1S/C50H68IN15O9/c1-3-4-11-36(60-28(2)67)44(70)66-41-24-42(68)56-19-8-7-13-35(43(52)69)61-47(73)39(22-30-25-58-34-12-6-5-10-33(30)34)64-45(71)37(14-9-20-57-50(53)54)62-46(72)38(21-29-15-17-31(51)18-16-29)63-48(74)40(65-49(41)75)23-32-26-55-27-59-32/h5-6,10,12,15-18,25-27,35-41,58H,3-4,7-9,11,13-14,19-24H2,1-2H3,(H2,52,69)(H,55,59)(H,56,68)(H,60,67)(H,61,73)(H,62,72)(H,63,74)(H,64,71)(H,65,75)(H,66,70)(H4,53,54,57)/t35-,36+,37+,38-,39-,40+,41+/m1/s1. The number of halogens is 1. The van der Waals surface area contributed by atoms with Crippen LogP contribution in [0.15, 0.2) is 72.2 Å². The van der Waals surface area contributed by atoms with Gasteiger partial charge in [-0.2, -0.15) is 0 Å². The molecular weight excluding hydrogens is 1080 g/mol. The fourth-order valence-electron chi connectivity index (χ4n) is 8.40. The van der Waals surface area contributed by atoms with Crippen LogP contribution in [0.2, 0.25) is 0 Å². The van der Waals surface area contributed by atoms with Crippen molar-refractivity contribution < 1.29 is 43.2 Å². The van der Waals surface area contributed by atoms with Crippen LogP contribution in [0, 0.1) is 3.57 Å². The van der Waals surface area contributed by atoms with Gasteiger partial charge in [-0.1, -0.05) is 50.1 Å². The highest BCUT2D eigenvalue weighted by atomic mass is 127. The van der Waals surface area contributed by atoms with Crippen molar-refractivity contribution in [2.24, 2.45) is 22.2 Å². The highest BCUT2D eigenvalue weighted by Crippen LogP contribution is 2.20. The van der Waals surface area contributed by atoms with E-state index in [1.165, 1.54) is 19.4 Å². The second kappa shape index (κ2) is 29.3. The van der Waals surface area contributed by atoms with Gasteiger partial charge in [-0.05, 0) is 90.4 Å². The van der Waals surface area contributed by atoms with Crippen molar-refractivity contribution in [3.05, 3.63) is 87.6 Å². The first kappa shape index (κ1) is 58.3. The summed E-state index contributed by atoms with van der Waals surface area (Å²) in [5.74, 6) is -7.10. The molecule has 0 aliphatic carbocycles. The van der Waals surface area contributed by atoms with Crippen molar-refractivity contribution in [2.45, 2.75) is 133 Å². The zero-order valence-corrected chi connectivity index (χ0v) is 44.1. The Balaban J connectivity index is 1.56. The van der Waals surface area contributed by atoms with Gasteiger partial charge in [0.25, 0.3) is 0 Å². The van der Waals surface area contributed by atoms with E-state index in [1.807, 2.05) is 31.2 Å². The van der Waals surface area contributed by atoms with Gasteiger partial charge in [0.2, 0.25) is 53.2 Å². The average Bonchev–Trinajstić information content (AvgIpc) is 4.04. The molecule has 404 valence electrons. The Bertz CT molecular complexity index is 2640. The molecule has 0 unspecified atom stereocenters. The van der Waals surface area contributed by atoms with Gasteiger partial charge in [-0.3, -0.25) is 48.1 Å². The first-order valence-corrected chi connectivity index (χ1v) is 26.0. The number of nitrogens with two attached hydrogens (primary N) is 3. The van der Waals surface area contributed by atoms with Crippen LogP contribution in [0.4, 0.5) is 0 Å². The zero-order valence-electron chi connectivity index (χ0n) is 42.0. The number of hydrogen-bond donors (Lipinski definition) is 13. The van der Waals surface area contributed by atoms with Crippen LogP contribution in [0.3, 0.4) is 0 Å². The van der Waals surface area contributed by atoms with Crippen LogP contribution < -0.4 is 59.7 Å². The van der Waals surface area contributed by atoms with E-state index < -0.39 is 102 Å². The predicted octanol–water partition coefficient (Wildman–Crippen LogP) is -0.644. The van der Waals surface area contributed by atoms with Crippen molar-refractivity contribution in [3.8, 4) is 0 Å². The number of aromatic amines is 2. The number of amides is 9. The molecule has 3 heterocycles. The van der Waals surface area contributed by atoms with Crippen molar-refractivity contribution in [1.82, 2.24) is 57.5 Å². The van der Waals surface area contributed by atoms with E-state index in [2.05, 4.69) is 85.1 Å². The topological polar surface area (TPSA) is 385 Å². The summed E-state index contributed by atoms with van der Waals surface area (Å²) in [6, 6.07) is 5.09. The molecule has 1 aliphatic rings. The zero-order chi connectivity index (χ0) is 54.4. The average molecular weight is 1150 g/mol. The second-order valence-electron chi connectivity index (χ2n) is 18.3. The Morgan fingerprint density at radius 3 is 2.11 bits per heavy atom. The quantitative estimate of drug-likeness (QED) is 0.0272. The Hall–Kier alpha value is -7.58. The number of aromatic nitrogens is 3. The van der Waals surface area contributed by atoms with E-state index in [0.29, 0.717) is 29.7 Å². The maximum atomic E-state index is 14.8. The molecule has 0 spiro atoms. The maximum absolute atomic E-state index is 14.8. The van der Waals surface area contributed by atoms with Crippen LogP contribution in [-0.2, 0) is 62.4 Å². The Morgan fingerprint density at radius 2 is 1.44 bits per heavy atom. The van der Waals surface area contributed by atoms with E-state index in [0.717, 1.165) is 14.5 Å². The second-order valence-corrected chi connectivity index (χ2v) is 19.6. The summed E-state index contributed by atoms with van der Waals surface area (Å²) in [4.78, 5) is 139. The first-order valence-electron chi connectivity index (χ1n) is 24.9. The third-order valence-corrected chi connectivity index (χ3v) is 13.1. The normalized spacial score (nSPS) is 21.2. The predicted molar refractivity (Wildman–Crippen MR) is 286 cm³/mol. The summed E-state index contributed by atoms with van der Waals surface area (Å²) in [6.45, 7) is 3.26. The van der Waals surface area contributed by atoms with Gasteiger partial charge in [0, 0.05) is 71.8 Å². The molecule has 25 heteroatoms. The molecule has 16 N–H and O–H groups in total. The number of guanidine groups is 1. The fourth-order valence-corrected chi connectivity index (χ4v) is 8.76. The van der Waals surface area contributed by atoms with Crippen molar-refractivity contribution in [3.63, 3.8) is 0 Å². The summed E-state index contributed by atoms with van der Waals surface area (Å²) < 4.78 is 0.889. The molecule has 4 aromatic rings. The van der Waals surface area contributed by atoms with E-state index in [1.54, 1.807) is 30.5 Å². The number of carbonyl (C=O) groups excluding carboxylic acids is 9. The van der Waals surface area contributed by atoms with E-state index in [9.17, 15) is 43.2 Å². The molecule has 9 amide bonds. The lowest BCUT2D eigenvalue weighted by Crippen LogP contribution is -2.61. The smallest absolute Gasteiger partial charge is 0.243 e. The lowest BCUT2D eigenvalue weighted by atomic mass is 10.0. The molecule has 1 fully saturated rings. The summed E-state index contributed by atoms with van der Waals surface area (Å²) in [6.07, 6.45) is 5.71. The lowest BCUT2D eigenvalue weighted by molar-refractivity contribution is -0.136. The number of para-hydroxylation sites is 1. The Kier molecular flexibility index (Phi) is 22.8. The molecule has 0 bridgehead atoms. The van der Waals surface area contributed by atoms with Gasteiger partial charge >= 0.3 is 0 Å². The van der Waals surface area contributed by atoms with Crippen molar-refractivity contribution >= 4 is 92.6 Å². The van der Waals surface area contributed by atoms with Gasteiger partial charge in [0.05, 0.1) is 12.7 Å². The number of nitrogens with one attached hydrogen (secondary N) is 10. The van der Waals surface area contributed by atoms with Crippen LogP contribution in [-0.4, -0.2) is 129 Å². The van der Waals surface area contributed by atoms with Crippen LogP contribution in [0.1, 0.15) is 88.5 Å². The highest BCUT2D eigenvalue weighted by molar-refractivity contribution is 14.1. The number of H-pyrrole nitrogens is 2. The van der Waals surface area contributed by atoms with Gasteiger partial charge in [-0.25, -0.2) is 4.98 Å². The molecule has 2 aromatic carbocycles. The number of carbonyl (C=O) groups is 9. The maximum Gasteiger partial charge on any atom is 0.243 e. The van der Waals surface area contributed by atoms with Crippen LogP contribution in [0.25, 0.3) is 10.9 Å². The third-order valence-electron chi connectivity index (χ3n) is 12.4. The molecule has 1 saturated heterocycles. The number of imidazole rings is 1. The number of unbranched alkanes of at least 4 members (excludes halogenated alkanes) is 1. The molecule has 1 aliphatic heterocycles. The molecular formula is C50H68IN15O9. The number of rotatable bonds is 17. The first-order chi connectivity index (χ1) is 35.9. The number of aliphatic imine (C=N–C) groups is 1. The molecule has 5 rings (SSSR count). The van der Waals surface area contributed by atoms with E-state index in [4.69, 9.17) is 17.2 Å². The van der Waals surface area contributed by atoms with E-state index >= 15 is 0 Å². The summed E-state index contributed by atoms with van der Waals surface area (Å²) in [7, 11) is 0. The third kappa shape index (κ3) is 19.0. The molecule has 2 aromatic heterocycles. The van der Waals surface area contributed by atoms with Crippen molar-refractivity contribution in [1.29, 1.82) is 0 Å². The van der Waals surface area contributed by atoms with Gasteiger partial charge in [-0.15, -0.1) is 0 Å². The Labute approximate surface area is 447 Å². The molecule has 0 radical (unpaired) electrons. The van der Waals surface area contributed by atoms with Crippen LogP contribution >= 0.6 is 22.6 Å². The minimum absolute atomic E-state index is 0.0399. The number of primary amides is 1. The number of nitrogens with zero attached hydrogens (tertiary/aromatic N) is 2. The fraction of sp³-hybridized carbons (Fsp3) is 0.460. The lowest BCUT2D eigenvalue weighted by Gasteiger charge is -2.28. The summed E-state index contributed by atoms with van der Waals surface area (Å²) >= 11 is 2.12. The number of benzene rings is 2. The minimum Gasteiger partial charge on any atom is -0.370 e. The Morgan fingerprint density at radius 1 is 0.787 bits per heavy atom. The van der Waals surface area contributed by atoms with Crippen LogP contribution in [0.5, 0.6) is 0 Å². The number of fused-ring (bicyclic) bond motifs is 1. The molecule has 75 heavy (non-hydrogen) atoms. The van der Waals surface area contributed by atoms with E-state index in [-0.39, 0.29) is 76.8 Å². The summed E-state index contributed by atoms with van der Waals surface area (Å²) in [5.41, 5.74) is 19.4. The summed E-state index contributed by atoms with van der Waals surface area (Å²) in [5, 5.41) is 22.4. The van der Waals surface area contributed by atoms with Gasteiger partial charge in [0.15, 0.2) is 5.96 Å². The SMILES string of the molecule is CCCC[C@H](NC(C)=O)C(=O)N[C@H]1CC(=O)NCCCC[C@H](C(N)=O)NC(=O)[C@@H](Cc2c[nH]c3ccccc23)NC(=O)[C@H](CCCN=C(N)N)NC(=O)[C@@H](Cc2ccc(I)cc2)NC(=O)[C@H](Cc2cnc[nH]2)NC1=O. The molecule has 24 nitrogen and oxygen atoms in total. The monoisotopic (exact) mass is 1150 g/mol. The minimum atomic E-state index is -1.58. The molecule has 7 atom stereocenters. The number of hydrogen-bond acceptors (Lipinski definition) is 11. The van der Waals surface area contributed by atoms with Crippen molar-refractivity contribution in [2.75, 3.05) is 13.1 Å². The van der Waals surface area contributed by atoms with Gasteiger partial charge < -0.3 is 69.7 Å². The molecule has 0 saturated carbocycles. The van der Waals surface area contributed by atoms with Gasteiger partial charge in [0.1, 0.15) is 42.3 Å².